The van der Waals surface area contributed by atoms with Crippen molar-refractivity contribution in [2.75, 3.05) is 13.1 Å². The molecule has 1 aromatic rings. The van der Waals surface area contributed by atoms with Gasteiger partial charge in [0.25, 0.3) is 5.69 Å². The van der Waals surface area contributed by atoms with Gasteiger partial charge >= 0.3 is 0 Å². The second-order valence-electron chi connectivity index (χ2n) is 3.68. The van der Waals surface area contributed by atoms with Crippen LogP contribution in [-0.2, 0) is 5.60 Å². The first-order chi connectivity index (χ1) is 7.44. The fourth-order valence-electron chi connectivity index (χ4n) is 1.61. The number of nitrogens with zero attached hydrogens (tertiary/aromatic N) is 1. The molecular formula is C9H8F2N2O3. The Morgan fingerprint density at radius 2 is 1.94 bits per heavy atom. The van der Waals surface area contributed by atoms with Crippen LogP contribution >= 0.6 is 0 Å². The van der Waals surface area contributed by atoms with Crippen molar-refractivity contribution in [1.29, 1.82) is 0 Å². The number of halogens is 2. The number of benzene rings is 1. The van der Waals surface area contributed by atoms with Crippen LogP contribution in [0.4, 0.5) is 14.5 Å². The summed E-state index contributed by atoms with van der Waals surface area (Å²) >= 11 is 0. The SMILES string of the molecule is O=[N+]([O-])c1cc(F)c(F)cc1C1(O)CNC1. The Morgan fingerprint density at radius 1 is 1.38 bits per heavy atom. The first-order valence-corrected chi connectivity index (χ1v) is 4.51. The highest BCUT2D eigenvalue weighted by Crippen LogP contribution is 2.34. The van der Waals surface area contributed by atoms with Gasteiger partial charge in [-0.05, 0) is 6.07 Å². The summed E-state index contributed by atoms with van der Waals surface area (Å²) in [4.78, 5) is 9.82. The molecule has 16 heavy (non-hydrogen) atoms. The summed E-state index contributed by atoms with van der Waals surface area (Å²) in [6.07, 6.45) is 0. The van der Waals surface area contributed by atoms with Gasteiger partial charge < -0.3 is 10.4 Å². The van der Waals surface area contributed by atoms with E-state index in [9.17, 15) is 24.0 Å². The molecule has 0 spiro atoms. The van der Waals surface area contributed by atoms with E-state index in [0.29, 0.717) is 12.1 Å². The highest BCUT2D eigenvalue weighted by molar-refractivity contribution is 5.46. The fourth-order valence-corrected chi connectivity index (χ4v) is 1.61. The van der Waals surface area contributed by atoms with Gasteiger partial charge in [0.15, 0.2) is 11.6 Å². The molecule has 0 bridgehead atoms. The van der Waals surface area contributed by atoms with Crippen LogP contribution in [0.3, 0.4) is 0 Å². The van der Waals surface area contributed by atoms with E-state index in [-0.39, 0.29) is 18.7 Å². The van der Waals surface area contributed by atoms with E-state index >= 15 is 0 Å². The van der Waals surface area contributed by atoms with Gasteiger partial charge in [-0.2, -0.15) is 0 Å². The highest BCUT2D eigenvalue weighted by Gasteiger charge is 2.42. The zero-order chi connectivity index (χ0) is 11.9. The van der Waals surface area contributed by atoms with E-state index in [4.69, 9.17) is 0 Å². The summed E-state index contributed by atoms with van der Waals surface area (Å²) in [6, 6.07) is 1.16. The number of hydrogen-bond acceptors (Lipinski definition) is 4. The number of aliphatic hydroxyl groups is 1. The van der Waals surface area contributed by atoms with Gasteiger partial charge in [0.05, 0.1) is 16.6 Å². The summed E-state index contributed by atoms with van der Waals surface area (Å²) in [7, 11) is 0. The lowest BCUT2D eigenvalue weighted by atomic mass is 9.87. The van der Waals surface area contributed by atoms with E-state index in [1.165, 1.54) is 0 Å². The van der Waals surface area contributed by atoms with Gasteiger partial charge in [0.1, 0.15) is 5.60 Å². The Balaban J connectivity index is 2.58. The van der Waals surface area contributed by atoms with Crippen LogP contribution in [0.15, 0.2) is 12.1 Å². The van der Waals surface area contributed by atoms with Crippen molar-refractivity contribution in [2.24, 2.45) is 0 Å². The van der Waals surface area contributed by atoms with Crippen LogP contribution in [0.25, 0.3) is 0 Å². The fraction of sp³-hybridized carbons (Fsp3) is 0.333. The van der Waals surface area contributed by atoms with Crippen LogP contribution in [0.5, 0.6) is 0 Å². The van der Waals surface area contributed by atoms with E-state index in [2.05, 4.69) is 5.32 Å². The molecule has 0 atom stereocenters. The molecule has 0 unspecified atom stereocenters. The molecule has 0 aliphatic carbocycles. The Hall–Kier alpha value is -1.60. The van der Waals surface area contributed by atoms with Crippen LogP contribution in [-0.4, -0.2) is 23.1 Å². The minimum atomic E-state index is -1.49. The second kappa shape index (κ2) is 3.46. The lowest BCUT2D eigenvalue weighted by molar-refractivity contribution is -0.387. The normalized spacial score (nSPS) is 17.9. The molecule has 0 amide bonds. The molecule has 1 aliphatic heterocycles. The third-order valence-corrected chi connectivity index (χ3v) is 2.57. The minimum absolute atomic E-state index is 0.0823. The highest BCUT2D eigenvalue weighted by atomic mass is 19.2. The third-order valence-electron chi connectivity index (χ3n) is 2.57. The first-order valence-electron chi connectivity index (χ1n) is 4.51. The maximum absolute atomic E-state index is 13.0. The van der Waals surface area contributed by atoms with Gasteiger partial charge in [0, 0.05) is 13.1 Å². The van der Waals surface area contributed by atoms with Crippen molar-refractivity contribution in [3.05, 3.63) is 39.4 Å². The molecule has 0 saturated carbocycles. The van der Waals surface area contributed by atoms with Crippen molar-refractivity contribution >= 4 is 5.69 Å². The number of hydrogen-bond donors (Lipinski definition) is 2. The third kappa shape index (κ3) is 1.54. The monoisotopic (exact) mass is 230 g/mol. The summed E-state index contributed by atoms with van der Waals surface area (Å²) < 4.78 is 25.8. The quantitative estimate of drug-likeness (QED) is 0.578. The second-order valence-corrected chi connectivity index (χ2v) is 3.68. The lowest BCUT2D eigenvalue weighted by Gasteiger charge is -2.37. The largest absolute Gasteiger partial charge is 0.382 e. The van der Waals surface area contributed by atoms with Gasteiger partial charge in [-0.1, -0.05) is 0 Å². The van der Waals surface area contributed by atoms with Gasteiger partial charge in [-0.25, -0.2) is 8.78 Å². The average molecular weight is 230 g/mol. The summed E-state index contributed by atoms with van der Waals surface area (Å²) in [6.45, 7) is 0.165. The van der Waals surface area contributed by atoms with Crippen molar-refractivity contribution in [3.8, 4) is 0 Å². The van der Waals surface area contributed by atoms with Gasteiger partial charge in [-0.15, -0.1) is 0 Å². The Bertz CT molecular complexity index is 460. The average Bonchev–Trinajstić information content (AvgIpc) is 2.17. The molecule has 2 rings (SSSR count). The number of nitro groups is 1. The van der Waals surface area contributed by atoms with E-state index in [1.807, 2.05) is 0 Å². The maximum Gasteiger partial charge on any atom is 0.278 e. The molecule has 7 heteroatoms. The van der Waals surface area contributed by atoms with Crippen molar-refractivity contribution in [1.82, 2.24) is 5.32 Å². The van der Waals surface area contributed by atoms with E-state index in [1.54, 1.807) is 0 Å². The Labute approximate surface area is 88.8 Å². The zero-order valence-electron chi connectivity index (χ0n) is 8.04. The molecule has 1 aliphatic rings. The van der Waals surface area contributed by atoms with Crippen LogP contribution in [0.1, 0.15) is 5.56 Å². The molecule has 1 fully saturated rings. The van der Waals surface area contributed by atoms with Crippen molar-refractivity contribution < 1.29 is 18.8 Å². The predicted molar refractivity (Wildman–Crippen MR) is 49.8 cm³/mol. The van der Waals surface area contributed by atoms with Gasteiger partial charge in [0.2, 0.25) is 0 Å². The molecule has 86 valence electrons. The molecule has 0 aromatic heterocycles. The number of rotatable bonds is 2. The van der Waals surface area contributed by atoms with Crippen LogP contribution < -0.4 is 5.32 Å². The molecule has 5 nitrogen and oxygen atoms in total. The minimum Gasteiger partial charge on any atom is -0.382 e. The zero-order valence-corrected chi connectivity index (χ0v) is 8.04. The van der Waals surface area contributed by atoms with Crippen molar-refractivity contribution in [2.45, 2.75) is 5.60 Å². The molecule has 2 N–H and O–H groups in total. The summed E-state index contributed by atoms with van der Waals surface area (Å²) in [5.41, 5.74) is -2.30. The predicted octanol–water partition coefficient (Wildman–Crippen LogP) is 0.664. The molecule has 1 saturated heterocycles. The first kappa shape index (κ1) is 10.9. The molecular weight excluding hydrogens is 222 g/mol. The van der Waals surface area contributed by atoms with Crippen molar-refractivity contribution in [3.63, 3.8) is 0 Å². The summed E-state index contributed by atoms with van der Waals surface area (Å²) in [5, 5.41) is 23.2. The molecule has 1 heterocycles. The molecule has 0 radical (unpaired) electrons. The summed E-state index contributed by atoms with van der Waals surface area (Å²) in [5.74, 6) is -2.51. The standard InChI is InChI=1S/C9H8F2N2O3/c10-6-1-5(9(14)3-12-4-9)8(13(15)16)2-7(6)11/h1-2,12,14H,3-4H2. The number of nitro benzene ring substituents is 1. The number of β-amino-alcohol motifs (C(OH)–C–C–N with tert-alkyl or cyclic N) is 1. The smallest absolute Gasteiger partial charge is 0.278 e. The maximum atomic E-state index is 13.0. The lowest BCUT2D eigenvalue weighted by Crippen LogP contribution is -2.57. The molecule has 1 aromatic carbocycles. The Kier molecular flexibility index (Phi) is 2.36. The number of nitrogens with one attached hydrogen (secondary N) is 1. The van der Waals surface area contributed by atoms with Crippen LogP contribution in [0, 0.1) is 21.7 Å². The van der Waals surface area contributed by atoms with Crippen LogP contribution in [0.2, 0.25) is 0 Å². The topological polar surface area (TPSA) is 75.4 Å². The van der Waals surface area contributed by atoms with Gasteiger partial charge in [-0.3, -0.25) is 10.1 Å². The van der Waals surface area contributed by atoms with E-state index < -0.39 is 27.8 Å². The van der Waals surface area contributed by atoms with E-state index in [0.717, 1.165) is 0 Å². The Morgan fingerprint density at radius 3 is 2.38 bits per heavy atom.